The van der Waals surface area contributed by atoms with Crippen molar-refractivity contribution in [3.8, 4) is 0 Å². The molecule has 0 radical (unpaired) electrons. The summed E-state index contributed by atoms with van der Waals surface area (Å²) in [6.07, 6.45) is 0. The highest BCUT2D eigenvalue weighted by molar-refractivity contribution is 5.44. The molecule has 0 atom stereocenters. The van der Waals surface area contributed by atoms with E-state index in [0.29, 0.717) is 0 Å². The molecule has 0 unspecified atom stereocenters. The molecule has 0 bridgehead atoms. The van der Waals surface area contributed by atoms with Crippen molar-refractivity contribution >= 4 is 5.69 Å². The van der Waals surface area contributed by atoms with E-state index in [2.05, 4.69) is 5.32 Å². The van der Waals surface area contributed by atoms with Crippen LogP contribution >= 0.6 is 0 Å². The highest BCUT2D eigenvalue weighted by Gasteiger charge is 1.84. The molecule has 1 rings (SSSR count). The first-order valence-electron chi connectivity index (χ1n) is 3.62. The molecule has 0 saturated heterocycles. The molecule has 0 spiro atoms. The zero-order valence-electron chi connectivity index (χ0n) is 7.39. The van der Waals surface area contributed by atoms with E-state index < -0.39 is 0 Å². The summed E-state index contributed by atoms with van der Waals surface area (Å²) in [6.45, 7) is 2.00. The van der Waals surface area contributed by atoms with Crippen LogP contribution in [0.2, 0.25) is 0 Å². The van der Waals surface area contributed by atoms with Crippen molar-refractivity contribution in [1.29, 1.82) is 0 Å². The van der Waals surface area contributed by atoms with Gasteiger partial charge in [0.1, 0.15) is 0 Å². The minimum atomic E-state index is 0.868. The molecular formula is C9H16N2. The summed E-state index contributed by atoms with van der Waals surface area (Å²) in [5.74, 6) is 0. The lowest BCUT2D eigenvalue weighted by Crippen LogP contribution is -1.89. The number of hydrogen-bond donors (Lipinski definition) is 2. The quantitative estimate of drug-likeness (QED) is 0.552. The van der Waals surface area contributed by atoms with Crippen molar-refractivity contribution in [2.24, 2.45) is 0 Å². The van der Waals surface area contributed by atoms with E-state index in [1.54, 1.807) is 0 Å². The second kappa shape index (κ2) is 5.74. The number of benzene rings is 1. The first-order valence-corrected chi connectivity index (χ1v) is 3.62. The summed E-state index contributed by atoms with van der Waals surface area (Å²) in [5.41, 5.74) is 7.53. The van der Waals surface area contributed by atoms with Gasteiger partial charge in [-0.15, -0.1) is 0 Å². The second-order valence-corrected chi connectivity index (χ2v) is 2.36. The minimum Gasteiger partial charge on any atom is -0.399 e. The Kier molecular flexibility index (Phi) is 5.21. The Balaban J connectivity index is 0.000000292. The maximum Gasteiger partial charge on any atom is 0.0343 e. The van der Waals surface area contributed by atoms with E-state index >= 15 is 0 Å². The predicted octanol–water partition coefficient (Wildman–Crippen LogP) is 1.41. The van der Waals surface area contributed by atoms with Crippen molar-refractivity contribution < 1.29 is 0 Å². The predicted molar refractivity (Wildman–Crippen MR) is 50.6 cm³/mol. The van der Waals surface area contributed by atoms with Gasteiger partial charge in [0.15, 0.2) is 0 Å². The van der Waals surface area contributed by atoms with Gasteiger partial charge in [0, 0.05) is 5.69 Å². The highest BCUT2D eigenvalue weighted by atomic mass is 14.7. The topological polar surface area (TPSA) is 38.0 Å². The van der Waals surface area contributed by atoms with Gasteiger partial charge in [0.25, 0.3) is 0 Å². The van der Waals surface area contributed by atoms with Crippen LogP contribution in [0.5, 0.6) is 0 Å². The van der Waals surface area contributed by atoms with Gasteiger partial charge >= 0.3 is 0 Å². The van der Waals surface area contributed by atoms with E-state index in [-0.39, 0.29) is 0 Å². The summed E-state index contributed by atoms with van der Waals surface area (Å²) >= 11 is 0. The lowest BCUT2D eigenvalue weighted by Gasteiger charge is -1.93. The van der Waals surface area contributed by atoms with Crippen molar-refractivity contribution in [2.75, 3.05) is 19.8 Å². The van der Waals surface area contributed by atoms with Crippen molar-refractivity contribution in [3.05, 3.63) is 29.8 Å². The smallest absolute Gasteiger partial charge is 0.0343 e. The van der Waals surface area contributed by atoms with Crippen LogP contribution in [0.15, 0.2) is 24.3 Å². The van der Waals surface area contributed by atoms with E-state index in [4.69, 9.17) is 5.73 Å². The third kappa shape index (κ3) is 4.39. The van der Waals surface area contributed by atoms with Crippen molar-refractivity contribution in [2.45, 2.75) is 6.92 Å². The van der Waals surface area contributed by atoms with Gasteiger partial charge in [-0.1, -0.05) is 18.2 Å². The van der Waals surface area contributed by atoms with Gasteiger partial charge in [-0.3, -0.25) is 0 Å². The molecule has 0 fully saturated rings. The second-order valence-electron chi connectivity index (χ2n) is 2.36. The largest absolute Gasteiger partial charge is 0.399 e. The molecule has 0 heterocycles. The zero-order valence-corrected chi connectivity index (χ0v) is 7.39. The van der Waals surface area contributed by atoms with Crippen LogP contribution in [-0.4, -0.2) is 14.1 Å². The molecule has 0 aliphatic heterocycles. The molecule has 0 saturated carbocycles. The van der Waals surface area contributed by atoms with Crippen LogP contribution in [-0.2, 0) is 0 Å². The molecule has 11 heavy (non-hydrogen) atoms. The van der Waals surface area contributed by atoms with E-state index in [1.807, 2.05) is 45.3 Å². The Morgan fingerprint density at radius 2 is 1.64 bits per heavy atom. The average Bonchev–Trinajstić information content (AvgIpc) is 1.97. The summed E-state index contributed by atoms with van der Waals surface area (Å²) in [6, 6.07) is 7.80. The molecule has 0 aliphatic carbocycles. The summed E-state index contributed by atoms with van der Waals surface area (Å²) in [4.78, 5) is 0. The Bertz CT molecular complexity index is 176. The van der Waals surface area contributed by atoms with Gasteiger partial charge in [-0.25, -0.2) is 0 Å². The molecular weight excluding hydrogens is 136 g/mol. The lowest BCUT2D eigenvalue weighted by atomic mass is 10.2. The molecule has 0 aliphatic rings. The maximum absolute atomic E-state index is 5.52. The van der Waals surface area contributed by atoms with Crippen LogP contribution in [0.25, 0.3) is 0 Å². The van der Waals surface area contributed by atoms with E-state index in [9.17, 15) is 0 Å². The first kappa shape index (κ1) is 9.98. The summed E-state index contributed by atoms with van der Waals surface area (Å²) < 4.78 is 0. The minimum absolute atomic E-state index is 0.868. The Labute approximate surface area is 68.4 Å². The highest BCUT2D eigenvalue weighted by Crippen LogP contribution is 2.06. The van der Waals surface area contributed by atoms with Crippen molar-refractivity contribution in [1.82, 2.24) is 5.32 Å². The Hall–Kier alpha value is -1.02. The third-order valence-electron chi connectivity index (χ3n) is 1.19. The zero-order chi connectivity index (χ0) is 8.69. The molecule has 0 aromatic heterocycles. The average molecular weight is 152 g/mol. The Morgan fingerprint density at radius 3 is 1.91 bits per heavy atom. The number of nitrogen functional groups attached to an aromatic ring is 1. The molecule has 1 aromatic rings. The van der Waals surface area contributed by atoms with E-state index in [1.165, 1.54) is 0 Å². The standard InChI is InChI=1S/C7H9N.C2H7N/c1-6-4-2-3-5-7(6)8;1-3-2/h2-5H,8H2,1H3;3H,1-2H3. The van der Waals surface area contributed by atoms with Crippen LogP contribution in [0.4, 0.5) is 5.69 Å². The maximum atomic E-state index is 5.52. The molecule has 0 amide bonds. The number of para-hydroxylation sites is 1. The summed E-state index contributed by atoms with van der Waals surface area (Å²) in [5, 5.41) is 2.75. The number of nitrogens with two attached hydrogens (primary N) is 1. The fourth-order valence-corrected chi connectivity index (χ4v) is 0.587. The van der Waals surface area contributed by atoms with Gasteiger partial charge < -0.3 is 11.1 Å². The monoisotopic (exact) mass is 152 g/mol. The molecule has 2 nitrogen and oxygen atoms in total. The molecule has 62 valence electrons. The number of aryl methyl sites for hydroxylation is 1. The Morgan fingerprint density at radius 1 is 1.18 bits per heavy atom. The van der Waals surface area contributed by atoms with Crippen molar-refractivity contribution in [3.63, 3.8) is 0 Å². The molecule has 2 heteroatoms. The van der Waals surface area contributed by atoms with Crippen LogP contribution in [0, 0.1) is 6.92 Å². The SMILES string of the molecule is CNC.Cc1ccccc1N. The normalized spacial score (nSPS) is 8.27. The third-order valence-corrected chi connectivity index (χ3v) is 1.19. The molecule has 1 aromatic carbocycles. The number of nitrogens with one attached hydrogen (secondary N) is 1. The van der Waals surface area contributed by atoms with Crippen LogP contribution < -0.4 is 11.1 Å². The number of anilines is 1. The lowest BCUT2D eigenvalue weighted by molar-refractivity contribution is 1.02. The number of hydrogen-bond acceptors (Lipinski definition) is 2. The van der Waals surface area contributed by atoms with E-state index in [0.717, 1.165) is 11.3 Å². The van der Waals surface area contributed by atoms with Crippen LogP contribution in [0.3, 0.4) is 0 Å². The van der Waals surface area contributed by atoms with Gasteiger partial charge in [0.2, 0.25) is 0 Å². The fourth-order valence-electron chi connectivity index (χ4n) is 0.587. The van der Waals surface area contributed by atoms with Gasteiger partial charge in [-0.05, 0) is 32.6 Å². The van der Waals surface area contributed by atoms with Gasteiger partial charge in [-0.2, -0.15) is 0 Å². The van der Waals surface area contributed by atoms with Crippen LogP contribution in [0.1, 0.15) is 5.56 Å². The fraction of sp³-hybridized carbons (Fsp3) is 0.333. The summed E-state index contributed by atoms with van der Waals surface area (Å²) in [7, 11) is 3.75. The first-order chi connectivity index (χ1) is 5.22. The molecule has 3 N–H and O–H groups in total. The van der Waals surface area contributed by atoms with Gasteiger partial charge in [0.05, 0.1) is 0 Å². The number of rotatable bonds is 0.